The van der Waals surface area contributed by atoms with Crippen LogP contribution in [0.2, 0.25) is 0 Å². The van der Waals surface area contributed by atoms with Crippen molar-refractivity contribution in [1.29, 1.82) is 0 Å². The fourth-order valence-corrected chi connectivity index (χ4v) is 1.95. The van der Waals surface area contributed by atoms with Crippen molar-refractivity contribution in [1.82, 2.24) is 5.16 Å². The van der Waals surface area contributed by atoms with E-state index < -0.39 is 5.78 Å². The summed E-state index contributed by atoms with van der Waals surface area (Å²) in [4.78, 5) is 24.3. The molecule has 1 N–H and O–H groups in total. The molecule has 0 fully saturated rings. The van der Waals surface area contributed by atoms with Gasteiger partial charge in [0, 0.05) is 11.8 Å². The van der Waals surface area contributed by atoms with Gasteiger partial charge in [-0.1, -0.05) is 23.4 Å². The van der Waals surface area contributed by atoms with Crippen LogP contribution in [0, 0.1) is 0 Å². The van der Waals surface area contributed by atoms with E-state index in [2.05, 4.69) is 10.5 Å². The topological polar surface area (TPSA) is 81.4 Å². The molecule has 1 aliphatic rings. The first-order chi connectivity index (χ1) is 9.70. The van der Waals surface area contributed by atoms with Crippen molar-refractivity contribution >= 4 is 17.3 Å². The molecule has 0 saturated carbocycles. The highest BCUT2D eigenvalue weighted by Crippen LogP contribution is 2.29. The molecule has 6 nitrogen and oxygen atoms in total. The van der Waals surface area contributed by atoms with Gasteiger partial charge in [-0.3, -0.25) is 9.59 Å². The summed E-state index contributed by atoms with van der Waals surface area (Å²) in [5, 5.41) is 6.47. The molecule has 1 aromatic heterocycles. The summed E-state index contributed by atoms with van der Waals surface area (Å²) in [7, 11) is 1.35. The lowest BCUT2D eigenvalue weighted by atomic mass is 9.99. The molecule has 0 atom stereocenters. The molecule has 1 aliphatic carbocycles. The second-order valence-corrected chi connectivity index (χ2v) is 4.14. The zero-order valence-electron chi connectivity index (χ0n) is 10.5. The number of Topliss-reactive ketones (excluding diaryl/α,β-unsaturated/α-hetero) is 1. The van der Waals surface area contributed by atoms with Crippen molar-refractivity contribution < 1.29 is 18.8 Å². The number of fused-ring (bicyclic) bond motifs is 1. The van der Waals surface area contributed by atoms with Crippen molar-refractivity contribution in [3.8, 4) is 5.95 Å². The molecule has 0 unspecified atom stereocenters. The molecule has 0 saturated heterocycles. The number of nitrogens with one attached hydrogen (secondary N) is 1. The summed E-state index contributed by atoms with van der Waals surface area (Å²) in [6.07, 6.45) is 1.21. The Morgan fingerprint density at radius 2 is 1.95 bits per heavy atom. The molecule has 100 valence electrons. The number of allylic oxidation sites excluding steroid dienone is 2. The molecule has 1 aromatic carbocycles. The minimum absolute atomic E-state index is 0.0227. The van der Waals surface area contributed by atoms with Gasteiger partial charge in [-0.15, -0.1) is 0 Å². The average Bonchev–Trinajstić information content (AvgIpc) is 2.90. The minimum atomic E-state index is -0.398. The standard InChI is InChI=1S/C14H10N2O4/c1-19-14-11-12(16-20-14)10(17)7-9(13(11)18)15-8-5-3-2-4-6-8/h2-7,15H,1H3. The maximum atomic E-state index is 12.3. The average molecular weight is 270 g/mol. The number of methoxy groups -OCH3 is 1. The number of anilines is 1. The van der Waals surface area contributed by atoms with Crippen LogP contribution in [-0.4, -0.2) is 23.8 Å². The molecule has 6 heteroatoms. The molecule has 0 radical (unpaired) electrons. The maximum absolute atomic E-state index is 12.3. The predicted molar refractivity (Wildman–Crippen MR) is 69.9 cm³/mol. The lowest BCUT2D eigenvalue weighted by Gasteiger charge is -2.13. The lowest BCUT2D eigenvalue weighted by Crippen LogP contribution is -2.21. The quantitative estimate of drug-likeness (QED) is 0.919. The van der Waals surface area contributed by atoms with Gasteiger partial charge in [-0.2, -0.15) is 0 Å². The van der Waals surface area contributed by atoms with E-state index in [1.807, 2.05) is 18.2 Å². The van der Waals surface area contributed by atoms with Crippen LogP contribution in [0.5, 0.6) is 5.95 Å². The van der Waals surface area contributed by atoms with E-state index in [1.54, 1.807) is 12.1 Å². The fraction of sp³-hybridized carbons (Fsp3) is 0.0714. The highest BCUT2D eigenvalue weighted by Gasteiger charge is 2.34. The predicted octanol–water partition coefficient (Wildman–Crippen LogP) is 2.06. The van der Waals surface area contributed by atoms with Crippen LogP contribution in [0.15, 0.2) is 46.6 Å². The van der Waals surface area contributed by atoms with Gasteiger partial charge in [-0.25, -0.2) is 0 Å². The zero-order chi connectivity index (χ0) is 14.1. The summed E-state index contributed by atoms with van der Waals surface area (Å²) in [6.45, 7) is 0. The van der Waals surface area contributed by atoms with Gasteiger partial charge < -0.3 is 14.6 Å². The lowest BCUT2D eigenvalue weighted by molar-refractivity contribution is 0.0981. The van der Waals surface area contributed by atoms with Crippen molar-refractivity contribution in [2.75, 3.05) is 12.4 Å². The van der Waals surface area contributed by atoms with Gasteiger partial charge in [0.2, 0.25) is 11.6 Å². The molecule has 20 heavy (non-hydrogen) atoms. The first-order valence-corrected chi connectivity index (χ1v) is 5.87. The number of hydrogen-bond donors (Lipinski definition) is 1. The number of benzene rings is 1. The van der Waals surface area contributed by atoms with E-state index in [0.29, 0.717) is 5.69 Å². The number of rotatable bonds is 3. The maximum Gasteiger partial charge on any atom is 0.323 e. The number of aromatic nitrogens is 1. The van der Waals surface area contributed by atoms with Crippen molar-refractivity contribution in [2.24, 2.45) is 0 Å². The molecule has 0 aliphatic heterocycles. The summed E-state index contributed by atoms with van der Waals surface area (Å²) in [6, 6.07) is 9.08. The fourth-order valence-electron chi connectivity index (χ4n) is 1.95. The molecule has 0 spiro atoms. The highest BCUT2D eigenvalue weighted by molar-refractivity contribution is 6.25. The SMILES string of the molecule is COc1onc2c1C(=O)C(Nc1ccccc1)=CC2=O. The second-order valence-electron chi connectivity index (χ2n) is 4.14. The normalized spacial score (nSPS) is 13.8. The third-order valence-electron chi connectivity index (χ3n) is 2.88. The highest BCUT2D eigenvalue weighted by atomic mass is 16.6. The first-order valence-electron chi connectivity index (χ1n) is 5.87. The van der Waals surface area contributed by atoms with E-state index in [-0.39, 0.29) is 28.7 Å². The second kappa shape index (κ2) is 4.65. The molecule has 0 bridgehead atoms. The first kappa shape index (κ1) is 12.2. The molecular weight excluding hydrogens is 260 g/mol. The number of para-hydroxylation sites is 1. The Hall–Kier alpha value is -2.89. The zero-order valence-corrected chi connectivity index (χ0v) is 10.5. The van der Waals surface area contributed by atoms with Gasteiger partial charge in [0.05, 0.1) is 12.8 Å². The van der Waals surface area contributed by atoms with Gasteiger partial charge in [0.15, 0.2) is 5.69 Å². The molecule has 0 amide bonds. The van der Waals surface area contributed by atoms with Crippen LogP contribution in [0.25, 0.3) is 0 Å². The van der Waals surface area contributed by atoms with E-state index >= 15 is 0 Å². The van der Waals surface area contributed by atoms with Crippen LogP contribution in [-0.2, 0) is 0 Å². The van der Waals surface area contributed by atoms with E-state index in [1.165, 1.54) is 13.2 Å². The van der Waals surface area contributed by atoms with Gasteiger partial charge >= 0.3 is 5.95 Å². The molecule has 2 aromatic rings. The van der Waals surface area contributed by atoms with Gasteiger partial charge in [0.1, 0.15) is 5.56 Å². The summed E-state index contributed by atoms with van der Waals surface area (Å²) in [5.41, 5.74) is 0.901. The van der Waals surface area contributed by atoms with E-state index in [0.717, 1.165) is 0 Å². The number of carbonyl (C=O) groups excluding carboxylic acids is 2. The molecule has 1 heterocycles. The Morgan fingerprint density at radius 3 is 2.65 bits per heavy atom. The molecule has 3 rings (SSSR count). The van der Waals surface area contributed by atoms with Gasteiger partial charge in [0.25, 0.3) is 0 Å². The Morgan fingerprint density at radius 1 is 1.20 bits per heavy atom. The third-order valence-corrected chi connectivity index (χ3v) is 2.88. The number of ether oxygens (including phenoxy) is 1. The van der Waals surface area contributed by atoms with Crippen molar-refractivity contribution in [3.05, 3.63) is 53.4 Å². The van der Waals surface area contributed by atoms with E-state index in [9.17, 15) is 9.59 Å². The minimum Gasteiger partial charge on any atom is -0.467 e. The van der Waals surface area contributed by atoms with E-state index in [4.69, 9.17) is 9.26 Å². The smallest absolute Gasteiger partial charge is 0.323 e. The summed E-state index contributed by atoms with van der Waals surface area (Å²) < 4.78 is 9.74. The van der Waals surface area contributed by atoms with Crippen LogP contribution >= 0.6 is 0 Å². The largest absolute Gasteiger partial charge is 0.467 e. The third kappa shape index (κ3) is 1.87. The van der Waals surface area contributed by atoms with Crippen LogP contribution < -0.4 is 10.1 Å². The molecular formula is C14H10N2O4. The number of hydrogen-bond acceptors (Lipinski definition) is 6. The number of ketones is 2. The van der Waals surface area contributed by atoms with Crippen molar-refractivity contribution in [2.45, 2.75) is 0 Å². The Balaban J connectivity index is 1.98. The Labute approximate surface area is 114 Å². The summed E-state index contributed by atoms with van der Waals surface area (Å²) in [5.74, 6) is -0.842. The Kier molecular flexibility index (Phi) is 2.83. The monoisotopic (exact) mass is 270 g/mol. The number of carbonyl (C=O) groups is 2. The summed E-state index contributed by atoms with van der Waals surface area (Å²) >= 11 is 0. The van der Waals surface area contributed by atoms with Crippen LogP contribution in [0.1, 0.15) is 20.8 Å². The number of nitrogens with zero attached hydrogens (tertiary/aromatic N) is 1. The van der Waals surface area contributed by atoms with Gasteiger partial charge in [-0.05, 0) is 12.1 Å². The Bertz CT molecular complexity index is 716. The van der Waals surface area contributed by atoms with Crippen LogP contribution in [0.3, 0.4) is 0 Å². The van der Waals surface area contributed by atoms with Crippen molar-refractivity contribution in [3.63, 3.8) is 0 Å². The van der Waals surface area contributed by atoms with Crippen LogP contribution in [0.4, 0.5) is 5.69 Å².